The summed E-state index contributed by atoms with van der Waals surface area (Å²) in [7, 11) is -1.84. The van der Waals surface area contributed by atoms with E-state index in [2.05, 4.69) is 49.0 Å². The molecule has 0 aliphatic carbocycles. The Morgan fingerprint density at radius 3 is 2.48 bits per heavy atom. The normalized spacial score (nSPS) is 12.1. The smallest absolute Gasteiger partial charge is 0.358 e. The summed E-state index contributed by atoms with van der Waals surface area (Å²) in [4.78, 5) is 30.3. The molecule has 170 valence electrons. The second-order valence-electron chi connectivity index (χ2n) is 8.76. The SMILES string of the molecule is CCOC(=O)c1nc(C(=O)c2cc(C)c(Cl)nn2)sc1CCCO[Si](C)(C)C(C)(C)C. The van der Waals surface area contributed by atoms with Gasteiger partial charge in [0.1, 0.15) is 5.69 Å². The summed E-state index contributed by atoms with van der Waals surface area (Å²) in [6, 6.07) is 1.57. The van der Waals surface area contributed by atoms with Crippen LogP contribution in [0.25, 0.3) is 0 Å². The molecule has 2 heterocycles. The van der Waals surface area contributed by atoms with Crippen LogP contribution >= 0.6 is 22.9 Å². The second-order valence-corrected chi connectivity index (χ2v) is 15.0. The Kier molecular flexibility index (Phi) is 8.49. The fourth-order valence-corrected chi connectivity index (χ4v) is 4.66. The molecule has 0 unspecified atom stereocenters. The van der Waals surface area contributed by atoms with Crippen molar-refractivity contribution < 1.29 is 18.8 Å². The van der Waals surface area contributed by atoms with Crippen LogP contribution < -0.4 is 0 Å². The number of ether oxygens (including phenoxy) is 1. The fraction of sp³-hybridized carbons (Fsp3) is 0.571. The minimum absolute atomic E-state index is 0.130. The van der Waals surface area contributed by atoms with Crippen molar-refractivity contribution in [3.05, 3.63) is 38.1 Å². The Morgan fingerprint density at radius 1 is 1.23 bits per heavy atom. The number of aryl methyl sites for hydroxylation is 2. The summed E-state index contributed by atoms with van der Waals surface area (Å²) in [6.07, 6.45) is 1.29. The first-order valence-corrected chi connectivity index (χ1v) is 14.3. The number of esters is 1. The monoisotopic (exact) mass is 483 g/mol. The van der Waals surface area contributed by atoms with Crippen molar-refractivity contribution >= 4 is 43.0 Å². The van der Waals surface area contributed by atoms with Crippen LogP contribution in [0.3, 0.4) is 0 Å². The van der Waals surface area contributed by atoms with E-state index in [9.17, 15) is 9.59 Å². The second kappa shape index (κ2) is 10.3. The summed E-state index contributed by atoms with van der Waals surface area (Å²) < 4.78 is 11.4. The van der Waals surface area contributed by atoms with E-state index in [4.69, 9.17) is 20.8 Å². The molecule has 31 heavy (non-hydrogen) atoms. The Labute approximate surface area is 193 Å². The number of rotatable bonds is 9. The first-order chi connectivity index (χ1) is 14.4. The zero-order chi connectivity index (χ0) is 23.4. The molecule has 2 aromatic rings. The van der Waals surface area contributed by atoms with Gasteiger partial charge in [-0.3, -0.25) is 4.79 Å². The molecule has 0 fully saturated rings. The van der Waals surface area contributed by atoms with E-state index in [1.54, 1.807) is 19.9 Å². The van der Waals surface area contributed by atoms with Crippen LogP contribution in [0, 0.1) is 6.92 Å². The molecular weight excluding hydrogens is 454 g/mol. The molecule has 0 aromatic carbocycles. The molecule has 2 rings (SSSR count). The minimum atomic E-state index is -1.84. The van der Waals surface area contributed by atoms with Gasteiger partial charge in [-0.25, -0.2) is 9.78 Å². The molecule has 0 bridgehead atoms. The van der Waals surface area contributed by atoms with Gasteiger partial charge in [-0.2, -0.15) is 0 Å². The Morgan fingerprint density at radius 2 is 1.90 bits per heavy atom. The van der Waals surface area contributed by atoms with E-state index >= 15 is 0 Å². The minimum Gasteiger partial charge on any atom is -0.461 e. The lowest BCUT2D eigenvalue weighted by molar-refractivity contribution is 0.0519. The lowest BCUT2D eigenvalue weighted by Crippen LogP contribution is -2.41. The van der Waals surface area contributed by atoms with Gasteiger partial charge in [-0.15, -0.1) is 21.5 Å². The van der Waals surface area contributed by atoms with Crippen molar-refractivity contribution in [2.75, 3.05) is 13.2 Å². The third kappa shape index (κ3) is 6.41. The third-order valence-electron chi connectivity index (χ3n) is 5.33. The summed E-state index contributed by atoms with van der Waals surface area (Å²) in [5, 5.41) is 8.20. The number of aromatic nitrogens is 3. The molecule has 10 heteroatoms. The van der Waals surface area contributed by atoms with Gasteiger partial charge in [0.05, 0.1) is 6.61 Å². The lowest BCUT2D eigenvalue weighted by Gasteiger charge is -2.36. The summed E-state index contributed by atoms with van der Waals surface area (Å²) >= 11 is 7.08. The molecule has 0 amide bonds. The summed E-state index contributed by atoms with van der Waals surface area (Å²) in [6.45, 7) is 15.3. The maximum absolute atomic E-state index is 12.9. The Hall–Kier alpha value is -1.68. The van der Waals surface area contributed by atoms with Crippen molar-refractivity contribution in [2.45, 2.75) is 65.6 Å². The third-order valence-corrected chi connectivity index (χ3v) is 11.4. The van der Waals surface area contributed by atoms with Gasteiger partial charge in [0.15, 0.2) is 24.2 Å². The molecule has 0 atom stereocenters. The fourth-order valence-electron chi connectivity index (χ4n) is 2.44. The standard InChI is InChI=1S/C21H30ClN3O4SSi/c1-8-28-20(27)16-15(10-9-11-29-31(6,7)21(3,4)5)30-19(23-16)17(26)14-12-13(2)18(22)25-24-14/h12H,8-11H2,1-7H3. The van der Waals surface area contributed by atoms with Crippen LogP contribution in [0.15, 0.2) is 6.07 Å². The predicted molar refractivity (Wildman–Crippen MR) is 125 cm³/mol. The number of thiazole rings is 1. The van der Waals surface area contributed by atoms with Crippen molar-refractivity contribution in [3.63, 3.8) is 0 Å². The van der Waals surface area contributed by atoms with Crippen LogP contribution in [-0.4, -0.2) is 48.5 Å². The number of halogens is 1. The van der Waals surface area contributed by atoms with Gasteiger partial charge < -0.3 is 9.16 Å². The Bertz CT molecular complexity index is 957. The maximum Gasteiger partial charge on any atom is 0.358 e. The van der Waals surface area contributed by atoms with Crippen molar-refractivity contribution in [3.8, 4) is 0 Å². The first kappa shape index (κ1) is 25.6. The zero-order valence-electron chi connectivity index (χ0n) is 19.2. The molecule has 0 spiro atoms. The van der Waals surface area contributed by atoms with Crippen LogP contribution in [0.4, 0.5) is 0 Å². The summed E-state index contributed by atoms with van der Waals surface area (Å²) in [5.74, 6) is -0.928. The topological polar surface area (TPSA) is 91.3 Å². The van der Waals surface area contributed by atoms with Crippen molar-refractivity contribution in [1.82, 2.24) is 15.2 Å². The van der Waals surface area contributed by atoms with Gasteiger partial charge in [0.2, 0.25) is 5.78 Å². The van der Waals surface area contributed by atoms with Crippen LogP contribution in [0.2, 0.25) is 23.3 Å². The van der Waals surface area contributed by atoms with E-state index in [0.717, 1.165) is 0 Å². The van der Waals surface area contributed by atoms with Gasteiger partial charge in [0, 0.05) is 11.5 Å². The van der Waals surface area contributed by atoms with E-state index in [1.807, 2.05) is 0 Å². The molecule has 0 saturated heterocycles. The van der Waals surface area contributed by atoms with E-state index in [1.165, 1.54) is 11.3 Å². The highest BCUT2D eigenvalue weighted by Crippen LogP contribution is 2.36. The highest BCUT2D eigenvalue weighted by molar-refractivity contribution is 7.14. The first-order valence-electron chi connectivity index (χ1n) is 10.2. The number of carbonyl (C=O) groups excluding carboxylic acids is 2. The number of hydrogen-bond acceptors (Lipinski definition) is 8. The van der Waals surface area contributed by atoms with Gasteiger partial charge in [-0.1, -0.05) is 32.4 Å². The highest BCUT2D eigenvalue weighted by Gasteiger charge is 2.36. The number of nitrogens with zero attached hydrogens (tertiary/aromatic N) is 3. The molecular formula is C21H30ClN3O4SSi. The number of carbonyl (C=O) groups is 2. The average molecular weight is 484 g/mol. The number of ketones is 1. The molecule has 7 nitrogen and oxygen atoms in total. The molecule has 0 N–H and O–H groups in total. The molecule has 0 aliphatic heterocycles. The molecule has 2 aromatic heterocycles. The van der Waals surface area contributed by atoms with Gasteiger partial charge in [0.25, 0.3) is 0 Å². The largest absolute Gasteiger partial charge is 0.461 e. The van der Waals surface area contributed by atoms with E-state index in [0.29, 0.717) is 29.9 Å². The van der Waals surface area contributed by atoms with Gasteiger partial charge in [-0.05, 0) is 56.5 Å². The lowest BCUT2D eigenvalue weighted by atomic mass is 10.2. The number of hydrogen-bond donors (Lipinski definition) is 0. The molecule has 0 aliphatic rings. The highest BCUT2D eigenvalue weighted by atomic mass is 35.5. The molecule has 0 radical (unpaired) electrons. The quantitative estimate of drug-likeness (QED) is 0.208. The van der Waals surface area contributed by atoms with Crippen molar-refractivity contribution in [2.24, 2.45) is 0 Å². The van der Waals surface area contributed by atoms with Crippen LogP contribution in [-0.2, 0) is 15.6 Å². The van der Waals surface area contributed by atoms with E-state index in [-0.39, 0.29) is 33.2 Å². The van der Waals surface area contributed by atoms with Gasteiger partial charge >= 0.3 is 5.97 Å². The van der Waals surface area contributed by atoms with Crippen LogP contribution in [0.5, 0.6) is 0 Å². The predicted octanol–water partition coefficient (Wildman–Crippen LogP) is 5.26. The summed E-state index contributed by atoms with van der Waals surface area (Å²) in [5.41, 5.74) is 0.963. The van der Waals surface area contributed by atoms with Crippen molar-refractivity contribution in [1.29, 1.82) is 0 Å². The maximum atomic E-state index is 12.9. The zero-order valence-corrected chi connectivity index (χ0v) is 21.7. The van der Waals surface area contributed by atoms with E-state index < -0.39 is 20.1 Å². The molecule has 0 saturated carbocycles. The Balaban J connectivity index is 2.20. The average Bonchev–Trinajstić information content (AvgIpc) is 3.10. The van der Waals surface area contributed by atoms with Crippen LogP contribution in [0.1, 0.15) is 70.5 Å².